The number of anilines is 1. The van der Waals surface area contributed by atoms with Crippen molar-refractivity contribution in [1.29, 1.82) is 0 Å². The third-order valence-corrected chi connectivity index (χ3v) is 8.53. The van der Waals surface area contributed by atoms with E-state index >= 15 is 0 Å². The van der Waals surface area contributed by atoms with E-state index in [4.69, 9.17) is 0 Å². The van der Waals surface area contributed by atoms with E-state index in [-0.39, 0.29) is 35.3 Å². The summed E-state index contributed by atoms with van der Waals surface area (Å²) in [5, 5.41) is 7.79. The quantitative estimate of drug-likeness (QED) is 0.236. The van der Waals surface area contributed by atoms with Gasteiger partial charge >= 0.3 is 12.4 Å². The van der Waals surface area contributed by atoms with Crippen LogP contribution in [-0.4, -0.2) is 50.0 Å². The van der Waals surface area contributed by atoms with Gasteiger partial charge in [0, 0.05) is 17.5 Å². The predicted octanol–water partition coefficient (Wildman–Crippen LogP) is 6.97. The van der Waals surface area contributed by atoms with Crippen molar-refractivity contribution in [2.24, 2.45) is 4.99 Å². The first-order valence-corrected chi connectivity index (χ1v) is 15.3. The van der Waals surface area contributed by atoms with E-state index in [1.54, 1.807) is 4.90 Å². The Morgan fingerprint density at radius 1 is 1.09 bits per heavy atom. The number of amides is 3. The number of urea groups is 1. The van der Waals surface area contributed by atoms with Gasteiger partial charge in [-0.2, -0.15) is 4.99 Å². The zero-order valence-corrected chi connectivity index (χ0v) is 25.4. The first kappa shape index (κ1) is 30.4. The summed E-state index contributed by atoms with van der Waals surface area (Å²) < 4.78 is 42.6. The summed E-state index contributed by atoms with van der Waals surface area (Å²) in [6, 6.07) is 18.3. The fourth-order valence-electron chi connectivity index (χ4n) is 5.49. The second-order valence-electron chi connectivity index (χ2n) is 11.1. The van der Waals surface area contributed by atoms with Crippen LogP contribution < -0.4 is 15.0 Å². The number of thioether (sulfide) groups is 1. The maximum Gasteiger partial charge on any atom is 0.573 e. The Kier molecular flexibility index (Phi) is 8.12. The maximum absolute atomic E-state index is 12.9. The van der Waals surface area contributed by atoms with Gasteiger partial charge in [-0.1, -0.05) is 62.0 Å². The Bertz CT molecular complexity index is 1770. The van der Waals surface area contributed by atoms with Crippen LogP contribution in [0.1, 0.15) is 48.8 Å². The number of nitrogens with zero attached hydrogens (tertiary/aromatic N) is 5. The number of carbonyl (C=O) groups is 2. The molecule has 2 unspecified atom stereocenters. The standard InChI is InChI=1S/C32H29F3N6O3S/c1-18(2)28-19(3)5-4-6-26(28)41-27(42)16-45-31(41)38-30(43)37-25-15-24(25)20-7-9-21(10-8-20)29-36-17-40(39-29)22-11-13-23(14-12-22)44-32(33,34)35/h4-14,17-18,24-25H,15-16H2,1-3H3,(H,37,43). The van der Waals surface area contributed by atoms with Crippen LogP contribution in [0.3, 0.4) is 0 Å². The highest BCUT2D eigenvalue weighted by atomic mass is 32.2. The molecule has 1 aromatic heterocycles. The molecule has 2 aliphatic rings. The van der Waals surface area contributed by atoms with Crippen LogP contribution in [0.15, 0.2) is 78.0 Å². The Morgan fingerprint density at radius 3 is 2.51 bits per heavy atom. The van der Waals surface area contributed by atoms with Gasteiger partial charge in [-0.15, -0.1) is 18.3 Å². The van der Waals surface area contributed by atoms with Crippen molar-refractivity contribution >= 4 is 34.6 Å². The molecule has 3 aromatic carbocycles. The maximum atomic E-state index is 12.9. The number of halogens is 3. The Hall–Kier alpha value is -4.65. The molecule has 232 valence electrons. The summed E-state index contributed by atoms with van der Waals surface area (Å²) in [7, 11) is 0. The van der Waals surface area contributed by atoms with E-state index in [0.717, 1.165) is 34.4 Å². The lowest BCUT2D eigenvalue weighted by Gasteiger charge is -2.23. The van der Waals surface area contributed by atoms with Gasteiger partial charge in [0.15, 0.2) is 11.0 Å². The van der Waals surface area contributed by atoms with Crippen LogP contribution >= 0.6 is 11.8 Å². The van der Waals surface area contributed by atoms with Gasteiger partial charge in [0.1, 0.15) is 12.1 Å². The van der Waals surface area contributed by atoms with E-state index in [2.05, 4.69) is 39.0 Å². The number of hydrogen-bond acceptors (Lipinski definition) is 6. The van der Waals surface area contributed by atoms with Crippen LogP contribution in [0.25, 0.3) is 17.1 Å². The normalized spacial score (nSPS) is 19.0. The molecule has 9 nitrogen and oxygen atoms in total. The number of alkyl halides is 3. The molecule has 0 bridgehead atoms. The van der Waals surface area contributed by atoms with Gasteiger partial charge < -0.3 is 10.1 Å². The van der Waals surface area contributed by atoms with Gasteiger partial charge in [-0.05, 0) is 66.3 Å². The number of nitrogens with one attached hydrogen (secondary N) is 1. The molecular formula is C32H29F3N6O3S. The summed E-state index contributed by atoms with van der Waals surface area (Å²) in [4.78, 5) is 35.9. The SMILES string of the molecule is Cc1cccc(N2C(=O)CSC2=NC(=O)NC2CC2c2ccc(-c3ncn(-c4ccc(OC(F)(F)F)cc4)n3)cc2)c1C(C)C. The topological polar surface area (TPSA) is 102 Å². The van der Waals surface area contributed by atoms with Gasteiger partial charge in [-0.25, -0.2) is 14.5 Å². The summed E-state index contributed by atoms with van der Waals surface area (Å²) >= 11 is 1.26. The van der Waals surface area contributed by atoms with E-state index in [9.17, 15) is 22.8 Å². The molecule has 6 rings (SSSR count). The van der Waals surface area contributed by atoms with Crippen molar-refractivity contribution in [3.63, 3.8) is 0 Å². The number of aliphatic imine (C=N–C) groups is 1. The van der Waals surface area contributed by atoms with Gasteiger partial charge in [-0.3, -0.25) is 9.69 Å². The van der Waals surface area contributed by atoms with Crippen molar-refractivity contribution in [1.82, 2.24) is 20.1 Å². The third-order valence-electron chi connectivity index (χ3n) is 7.61. The highest BCUT2D eigenvalue weighted by Gasteiger charge is 2.40. The molecule has 1 aliphatic heterocycles. The third kappa shape index (κ3) is 6.72. The summed E-state index contributed by atoms with van der Waals surface area (Å²) in [5.41, 5.74) is 5.25. The first-order valence-electron chi connectivity index (χ1n) is 14.3. The molecule has 45 heavy (non-hydrogen) atoms. The minimum absolute atomic E-state index is 0.0740. The second-order valence-corrected chi connectivity index (χ2v) is 12.1. The number of benzene rings is 3. The number of aromatic nitrogens is 3. The molecular weight excluding hydrogens is 605 g/mol. The number of amidine groups is 1. The molecule has 13 heteroatoms. The molecule has 1 saturated heterocycles. The number of hydrogen-bond donors (Lipinski definition) is 1. The Labute approximate surface area is 261 Å². The molecule has 2 fully saturated rings. The molecule has 0 spiro atoms. The first-order chi connectivity index (χ1) is 21.5. The molecule has 3 amide bonds. The molecule has 2 atom stereocenters. The van der Waals surface area contributed by atoms with Crippen LogP contribution in [0.5, 0.6) is 5.75 Å². The number of carbonyl (C=O) groups excluding carboxylic acids is 2. The molecule has 1 aliphatic carbocycles. The van der Waals surface area contributed by atoms with Crippen molar-refractivity contribution in [3.8, 4) is 22.8 Å². The molecule has 2 heterocycles. The monoisotopic (exact) mass is 634 g/mol. The summed E-state index contributed by atoms with van der Waals surface area (Å²) in [6.07, 6.45) is -2.51. The Balaban J connectivity index is 1.08. The summed E-state index contributed by atoms with van der Waals surface area (Å²) in [6.45, 7) is 6.17. The zero-order valence-electron chi connectivity index (χ0n) is 24.6. The van der Waals surface area contributed by atoms with Crippen LogP contribution in [-0.2, 0) is 4.79 Å². The minimum atomic E-state index is -4.76. The highest BCUT2D eigenvalue weighted by Crippen LogP contribution is 2.41. The lowest BCUT2D eigenvalue weighted by Crippen LogP contribution is -2.33. The summed E-state index contributed by atoms with van der Waals surface area (Å²) in [5.74, 6) is 0.590. The molecule has 1 N–H and O–H groups in total. The molecule has 4 aromatic rings. The average Bonchev–Trinajstić information content (AvgIpc) is 3.38. The second kappa shape index (κ2) is 12.0. The van der Waals surface area contributed by atoms with Crippen molar-refractivity contribution in [3.05, 3.63) is 89.7 Å². The van der Waals surface area contributed by atoms with E-state index in [1.165, 1.54) is 47.0 Å². The predicted molar refractivity (Wildman–Crippen MR) is 166 cm³/mol. The van der Waals surface area contributed by atoms with Crippen molar-refractivity contribution < 1.29 is 27.5 Å². The van der Waals surface area contributed by atoms with Crippen molar-refractivity contribution in [2.75, 3.05) is 10.7 Å². The smallest absolute Gasteiger partial charge is 0.406 e. The van der Waals surface area contributed by atoms with Crippen LogP contribution in [0.4, 0.5) is 23.7 Å². The molecule has 1 saturated carbocycles. The highest BCUT2D eigenvalue weighted by molar-refractivity contribution is 8.15. The van der Waals surface area contributed by atoms with Crippen LogP contribution in [0, 0.1) is 6.92 Å². The molecule has 0 radical (unpaired) electrons. The lowest BCUT2D eigenvalue weighted by molar-refractivity contribution is -0.274. The lowest BCUT2D eigenvalue weighted by atomic mass is 9.95. The average molecular weight is 635 g/mol. The van der Waals surface area contributed by atoms with Crippen LogP contribution in [0.2, 0.25) is 0 Å². The largest absolute Gasteiger partial charge is 0.573 e. The van der Waals surface area contributed by atoms with Gasteiger partial charge in [0.05, 0.1) is 17.1 Å². The van der Waals surface area contributed by atoms with E-state index < -0.39 is 12.4 Å². The van der Waals surface area contributed by atoms with Gasteiger partial charge in [0.25, 0.3) is 0 Å². The van der Waals surface area contributed by atoms with E-state index in [1.807, 2.05) is 49.4 Å². The number of ether oxygens (including phenoxy) is 1. The van der Waals surface area contributed by atoms with E-state index in [0.29, 0.717) is 16.7 Å². The fraction of sp³-hybridized carbons (Fsp3) is 0.281. The fourth-order valence-corrected chi connectivity index (χ4v) is 6.35. The number of rotatable bonds is 7. The minimum Gasteiger partial charge on any atom is -0.406 e. The zero-order chi connectivity index (χ0) is 31.9. The number of aryl methyl sites for hydroxylation is 1. The van der Waals surface area contributed by atoms with Crippen molar-refractivity contribution in [2.45, 2.75) is 51.4 Å². The Morgan fingerprint density at radius 2 is 1.82 bits per heavy atom. The van der Waals surface area contributed by atoms with Gasteiger partial charge in [0.2, 0.25) is 5.91 Å².